The van der Waals surface area contributed by atoms with Crippen molar-refractivity contribution in [2.24, 2.45) is 5.41 Å². The van der Waals surface area contributed by atoms with Crippen LogP contribution in [0.3, 0.4) is 0 Å². The largest absolute Gasteiger partial charge is 0.465 e. The Morgan fingerprint density at radius 3 is 2.15 bits per heavy atom. The quantitative estimate of drug-likeness (QED) is 0.379. The van der Waals surface area contributed by atoms with Crippen molar-refractivity contribution < 1.29 is 14.3 Å². The van der Waals surface area contributed by atoms with Gasteiger partial charge in [-0.1, -0.05) is 6.58 Å². The lowest BCUT2D eigenvalue weighted by Crippen LogP contribution is -2.35. The van der Waals surface area contributed by atoms with Gasteiger partial charge < -0.3 is 4.74 Å². The van der Waals surface area contributed by atoms with Crippen molar-refractivity contribution in [1.82, 2.24) is 0 Å². The molecule has 0 unspecified atom stereocenters. The molecular weight excluding hydrogens is 168 g/mol. The molecular formula is C10H16O3. The highest BCUT2D eigenvalue weighted by Gasteiger charge is 2.37. The summed E-state index contributed by atoms with van der Waals surface area (Å²) < 4.78 is 4.78. The standard InChI is InChI=1S/C10H16O3/c1-6-13-9(12)10(4,5)8(11)7(2)3/h2,6H2,1,3-5H3. The van der Waals surface area contributed by atoms with Crippen LogP contribution in [0.25, 0.3) is 0 Å². The summed E-state index contributed by atoms with van der Waals surface area (Å²) in [4.78, 5) is 22.8. The molecule has 0 aliphatic carbocycles. The predicted molar refractivity (Wildman–Crippen MR) is 50.2 cm³/mol. The number of rotatable bonds is 4. The van der Waals surface area contributed by atoms with Crippen LogP contribution in [-0.2, 0) is 14.3 Å². The first kappa shape index (κ1) is 11.9. The van der Waals surface area contributed by atoms with Gasteiger partial charge in [0.05, 0.1) is 6.61 Å². The molecule has 0 radical (unpaired) electrons. The number of allylic oxidation sites excluding steroid dienone is 1. The molecule has 0 bridgehead atoms. The van der Waals surface area contributed by atoms with Crippen LogP contribution in [0.4, 0.5) is 0 Å². The zero-order valence-corrected chi connectivity index (χ0v) is 8.64. The van der Waals surface area contributed by atoms with E-state index in [2.05, 4.69) is 6.58 Å². The maximum absolute atomic E-state index is 11.5. The number of ether oxygens (including phenoxy) is 1. The van der Waals surface area contributed by atoms with Gasteiger partial charge in [-0.05, 0) is 33.3 Å². The molecule has 0 heterocycles. The first-order chi connectivity index (χ1) is 5.84. The number of esters is 1. The Morgan fingerprint density at radius 1 is 1.38 bits per heavy atom. The minimum atomic E-state index is -1.11. The van der Waals surface area contributed by atoms with Crippen molar-refractivity contribution in [3.05, 3.63) is 12.2 Å². The number of Topliss-reactive ketones (excluding diaryl/α,β-unsaturated/α-hetero) is 1. The number of carbonyl (C=O) groups is 2. The Kier molecular flexibility index (Phi) is 3.85. The van der Waals surface area contributed by atoms with Crippen molar-refractivity contribution >= 4 is 11.8 Å². The lowest BCUT2D eigenvalue weighted by atomic mass is 9.85. The molecule has 13 heavy (non-hydrogen) atoms. The van der Waals surface area contributed by atoms with E-state index in [1.54, 1.807) is 27.7 Å². The average Bonchev–Trinajstić information content (AvgIpc) is 2.03. The second kappa shape index (κ2) is 4.21. The Balaban J connectivity index is 4.65. The molecule has 0 aromatic heterocycles. The van der Waals surface area contributed by atoms with E-state index in [9.17, 15) is 9.59 Å². The molecule has 0 aromatic rings. The highest BCUT2D eigenvalue weighted by atomic mass is 16.5. The molecule has 0 spiro atoms. The topological polar surface area (TPSA) is 43.4 Å². The molecule has 0 fully saturated rings. The van der Waals surface area contributed by atoms with Crippen molar-refractivity contribution in [3.8, 4) is 0 Å². The zero-order chi connectivity index (χ0) is 10.6. The molecule has 0 atom stereocenters. The molecule has 74 valence electrons. The van der Waals surface area contributed by atoms with E-state index in [0.717, 1.165) is 0 Å². The van der Waals surface area contributed by atoms with Gasteiger partial charge in [-0.3, -0.25) is 9.59 Å². The van der Waals surface area contributed by atoms with Gasteiger partial charge in [0.15, 0.2) is 5.78 Å². The van der Waals surface area contributed by atoms with Crippen LogP contribution < -0.4 is 0 Å². The maximum atomic E-state index is 11.5. The summed E-state index contributed by atoms with van der Waals surface area (Å²) in [7, 11) is 0. The molecule has 0 rings (SSSR count). The molecule has 3 heteroatoms. The molecule has 0 amide bonds. The Bertz CT molecular complexity index is 239. The zero-order valence-electron chi connectivity index (χ0n) is 8.64. The van der Waals surface area contributed by atoms with E-state index in [0.29, 0.717) is 5.57 Å². The second-order valence-electron chi connectivity index (χ2n) is 3.45. The highest BCUT2D eigenvalue weighted by Crippen LogP contribution is 2.22. The van der Waals surface area contributed by atoms with E-state index in [-0.39, 0.29) is 12.4 Å². The van der Waals surface area contributed by atoms with Crippen LogP contribution in [0.5, 0.6) is 0 Å². The van der Waals surface area contributed by atoms with E-state index in [4.69, 9.17) is 4.74 Å². The summed E-state index contributed by atoms with van der Waals surface area (Å²) >= 11 is 0. The molecule has 0 saturated carbocycles. The summed E-state index contributed by atoms with van der Waals surface area (Å²) in [6.07, 6.45) is 0. The molecule has 0 N–H and O–H groups in total. The van der Waals surface area contributed by atoms with Crippen LogP contribution in [0.1, 0.15) is 27.7 Å². The Morgan fingerprint density at radius 2 is 1.85 bits per heavy atom. The van der Waals surface area contributed by atoms with E-state index in [1.807, 2.05) is 0 Å². The summed E-state index contributed by atoms with van der Waals surface area (Å²) in [6.45, 7) is 10.2. The number of hydrogen-bond acceptors (Lipinski definition) is 3. The SMILES string of the molecule is C=C(C)C(=O)C(C)(C)C(=O)OCC. The van der Waals surface area contributed by atoms with Gasteiger partial charge in [0.2, 0.25) is 0 Å². The van der Waals surface area contributed by atoms with Gasteiger partial charge in [-0.2, -0.15) is 0 Å². The van der Waals surface area contributed by atoms with Crippen molar-refractivity contribution in [1.29, 1.82) is 0 Å². The maximum Gasteiger partial charge on any atom is 0.319 e. The average molecular weight is 184 g/mol. The van der Waals surface area contributed by atoms with Gasteiger partial charge in [0, 0.05) is 0 Å². The fraction of sp³-hybridized carbons (Fsp3) is 0.600. The van der Waals surface area contributed by atoms with E-state index >= 15 is 0 Å². The van der Waals surface area contributed by atoms with Crippen LogP contribution in [0.2, 0.25) is 0 Å². The Labute approximate surface area is 78.8 Å². The van der Waals surface area contributed by atoms with E-state index < -0.39 is 11.4 Å². The number of hydrogen-bond donors (Lipinski definition) is 0. The molecule has 0 aliphatic rings. The third-order valence-electron chi connectivity index (χ3n) is 1.74. The van der Waals surface area contributed by atoms with Gasteiger partial charge >= 0.3 is 5.97 Å². The van der Waals surface area contributed by atoms with Crippen LogP contribution in [0.15, 0.2) is 12.2 Å². The minimum Gasteiger partial charge on any atom is -0.465 e. The molecule has 0 aliphatic heterocycles. The predicted octanol–water partition coefficient (Wildman–Crippen LogP) is 1.72. The first-order valence-corrected chi connectivity index (χ1v) is 4.21. The molecule has 0 aromatic carbocycles. The number of ketones is 1. The van der Waals surface area contributed by atoms with Crippen molar-refractivity contribution in [2.75, 3.05) is 6.61 Å². The lowest BCUT2D eigenvalue weighted by molar-refractivity contribution is -0.156. The monoisotopic (exact) mass is 184 g/mol. The summed E-state index contributed by atoms with van der Waals surface area (Å²) in [5.74, 6) is -0.769. The fourth-order valence-electron chi connectivity index (χ4n) is 0.938. The van der Waals surface area contributed by atoms with Gasteiger partial charge in [-0.25, -0.2) is 0 Å². The fourth-order valence-corrected chi connectivity index (χ4v) is 0.938. The number of carbonyl (C=O) groups excluding carboxylic acids is 2. The molecule has 3 nitrogen and oxygen atoms in total. The minimum absolute atomic E-state index is 0.272. The second-order valence-corrected chi connectivity index (χ2v) is 3.45. The third-order valence-corrected chi connectivity index (χ3v) is 1.74. The smallest absolute Gasteiger partial charge is 0.319 e. The van der Waals surface area contributed by atoms with Crippen LogP contribution in [-0.4, -0.2) is 18.4 Å². The summed E-state index contributed by atoms with van der Waals surface area (Å²) in [5.41, 5.74) is -0.736. The first-order valence-electron chi connectivity index (χ1n) is 4.21. The van der Waals surface area contributed by atoms with Gasteiger partial charge in [-0.15, -0.1) is 0 Å². The van der Waals surface area contributed by atoms with E-state index in [1.165, 1.54) is 0 Å². The van der Waals surface area contributed by atoms with Crippen LogP contribution >= 0.6 is 0 Å². The lowest BCUT2D eigenvalue weighted by Gasteiger charge is -2.20. The Hall–Kier alpha value is -1.12. The summed E-state index contributed by atoms with van der Waals surface area (Å²) in [5, 5.41) is 0. The normalized spacial score (nSPS) is 10.8. The van der Waals surface area contributed by atoms with Gasteiger partial charge in [0.1, 0.15) is 5.41 Å². The third kappa shape index (κ3) is 2.68. The van der Waals surface area contributed by atoms with Crippen molar-refractivity contribution in [2.45, 2.75) is 27.7 Å². The van der Waals surface area contributed by atoms with Gasteiger partial charge in [0.25, 0.3) is 0 Å². The molecule has 0 saturated heterocycles. The van der Waals surface area contributed by atoms with Crippen LogP contribution in [0, 0.1) is 5.41 Å². The summed E-state index contributed by atoms with van der Waals surface area (Å²) in [6, 6.07) is 0. The highest BCUT2D eigenvalue weighted by molar-refractivity contribution is 6.10. The van der Waals surface area contributed by atoms with Crippen molar-refractivity contribution in [3.63, 3.8) is 0 Å².